The number of carbonyl (C=O) groups excluding carboxylic acids is 1. The number of nitrogens with one attached hydrogen (secondary N) is 1. The molecule has 1 amide bonds. The number of carbonyl (C=O) groups is 1. The van der Waals surface area contributed by atoms with Gasteiger partial charge in [-0.15, -0.1) is 0 Å². The quantitative estimate of drug-likeness (QED) is 0.392. The van der Waals surface area contributed by atoms with Gasteiger partial charge in [-0.25, -0.2) is 4.98 Å². The largest absolute Gasteiger partial charge is 0.436 e. The van der Waals surface area contributed by atoms with Gasteiger partial charge >= 0.3 is 6.18 Å². The lowest BCUT2D eigenvalue weighted by Gasteiger charge is -2.20. The number of hydrogen-bond donors (Lipinski definition) is 1. The Kier molecular flexibility index (Phi) is 7.04. The Morgan fingerprint density at radius 1 is 1.26 bits per heavy atom. The Bertz CT molecular complexity index is 1180. The number of benzene rings is 1. The first-order valence-corrected chi connectivity index (χ1v) is 12.3. The molecule has 1 aliphatic rings. The summed E-state index contributed by atoms with van der Waals surface area (Å²) in [6.45, 7) is 8.94. The van der Waals surface area contributed by atoms with Crippen LogP contribution in [0.2, 0.25) is 0 Å². The summed E-state index contributed by atoms with van der Waals surface area (Å²) in [5.74, 6) is -0.127. The number of aromatic nitrogens is 4. The van der Waals surface area contributed by atoms with Crippen molar-refractivity contribution in [3.05, 3.63) is 40.1 Å². The molecular weight excluding hydrogens is 513 g/mol. The second kappa shape index (κ2) is 9.69. The minimum atomic E-state index is -4.61. The SMILES string of the molecule is CCN(CC)CCn1c(NC(=O)C(C)n2nc(C(F)(F)F)c(Br)c2C2CC2)nc2ccccc21. The van der Waals surface area contributed by atoms with Crippen molar-refractivity contribution in [1.29, 1.82) is 0 Å². The van der Waals surface area contributed by atoms with Gasteiger partial charge in [0.15, 0.2) is 5.69 Å². The van der Waals surface area contributed by atoms with Crippen LogP contribution in [0.4, 0.5) is 19.1 Å². The Morgan fingerprint density at radius 3 is 2.56 bits per heavy atom. The number of rotatable bonds is 9. The maximum absolute atomic E-state index is 13.5. The van der Waals surface area contributed by atoms with Gasteiger partial charge in [0.1, 0.15) is 6.04 Å². The number of imidazole rings is 1. The van der Waals surface area contributed by atoms with Crippen molar-refractivity contribution >= 4 is 38.8 Å². The van der Waals surface area contributed by atoms with Gasteiger partial charge in [0.05, 0.1) is 21.2 Å². The fourth-order valence-corrected chi connectivity index (χ4v) is 4.94. The third-order valence-electron chi connectivity index (χ3n) is 6.29. The summed E-state index contributed by atoms with van der Waals surface area (Å²) in [6.07, 6.45) is -3.06. The highest BCUT2D eigenvalue weighted by molar-refractivity contribution is 9.10. The van der Waals surface area contributed by atoms with Crippen LogP contribution in [0.1, 0.15) is 57.0 Å². The fourth-order valence-electron chi connectivity index (χ4n) is 4.13. The molecule has 1 fully saturated rings. The van der Waals surface area contributed by atoms with E-state index in [0.29, 0.717) is 18.2 Å². The van der Waals surface area contributed by atoms with Crippen LogP contribution in [-0.2, 0) is 17.5 Å². The Balaban J connectivity index is 1.63. The van der Waals surface area contributed by atoms with Crippen LogP contribution >= 0.6 is 15.9 Å². The number of alkyl halides is 3. The molecule has 4 rings (SSSR count). The molecular formula is C23H28BrF3N6O. The number of para-hydroxylation sites is 2. The number of fused-ring (bicyclic) bond motifs is 1. The van der Waals surface area contributed by atoms with E-state index in [1.807, 2.05) is 28.8 Å². The summed E-state index contributed by atoms with van der Waals surface area (Å²) in [6, 6.07) is 6.65. The van der Waals surface area contributed by atoms with Gasteiger partial charge < -0.3 is 9.47 Å². The van der Waals surface area contributed by atoms with Gasteiger partial charge in [-0.2, -0.15) is 18.3 Å². The van der Waals surface area contributed by atoms with Crippen molar-refractivity contribution in [2.75, 3.05) is 25.0 Å². The summed E-state index contributed by atoms with van der Waals surface area (Å²) in [7, 11) is 0. The van der Waals surface area contributed by atoms with E-state index in [1.165, 1.54) is 4.68 Å². The van der Waals surface area contributed by atoms with Gasteiger partial charge in [-0.3, -0.25) is 14.8 Å². The molecule has 34 heavy (non-hydrogen) atoms. The Labute approximate surface area is 204 Å². The molecule has 1 saturated carbocycles. The second-order valence-corrected chi connectivity index (χ2v) is 9.33. The zero-order chi connectivity index (χ0) is 24.6. The van der Waals surface area contributed by atoms with Crippen LogP contribution in [0.25, 0.3) is 11.0 Å². The fraction of sp³-hybridized carbons (Fsp3) is 0.522. The molecule has 1 atom stereocenters. The number of halogens is 4. The average Bonchev–Trinajstić information content (AvgIpc) is 3.48. The zero-order valence-corrected chi connectivity index (χ0v) is 20.9. The van der Waals surface area contributed by atoms with Crippen LogP contribution in [0.15, 0.2) is 28.7 Å². The van der Waals surface area contributed by atoms with E-state index in [4.69, 9.17) is 0 Å². The van der Waals surface area contributed by atoms with Crippen molar-refractivity contribution in [3.8, 4) is 0 Å². The molecule has 7 nitrogen and oxygen atoms in total. The van der Waals surface area contributed by atoms with E-state index in [1.54, 1.807) is 6.92 Å². The smallest absolute Gasteiger partial charge is 0.309 e. The van der Waals surface area contributed by atoms with E-state index in [-0.39, 0.29) is 10.4 Å². The van der Waals surface area contributed by atoms with Gasteiger partial charge in [-0.1, -0.05) is 26.0 Å². The molecule has 0 radical (unpaired) electrons. The minimum Gasteiger partial charge on any atom is -0.309 e. The van der Waals surface area contributed by atoms with Crippen molar-refractivity contribution in [1.82, 2.24) is 24.2 Å². The maximum atomic E-state index is 13.5. The van der Waals surface area contributed by atoms with Crippen molar-refractivity contribution < 1.29 is 18.0 Å². The molecule has 11 heteroatoms. The number of nitrogens with zero attached hydrogens (tertiary/aromatic N) is 5. The van der Waals surface area contributed by atoms with Crippen molar-refractivity contribution in [2.24, 2.45) is 0 Å². The van der Waals surface area contributed by atoms with Crippen molar-refractivity contribution in [2.45, 2.75) is 58.3 Å². The summed E-state index contributed by atoms with van der Waals surface area (Å²) < 4.78 is 43.6. The van der Waals surface area contributed by atoms with Crippen molar-refractivity contribution in [3.63, 3.8) is 0 Å². The van der Waals surface area contributed by atoms with Gasteiger partial charge in [0, 0.05) is 19.0 Å². The molecule has 0 aliphatic heterocycles. The average molecular weight is 541 g/mol. The highest BCUT2D eigenvalue weighted by Crippen LogP contribution is 2.47. The third-order valence-corrected chi connectivity index (χ3v) is 7.07. The summed E-state index contributed by atoms with van der Waals surface area (Å²) in [4.78, 5) is 20.1. The molecule has 1 N–H and O–H groups in total. The highest BCUT2D eigenvalue weighted by Gasteiger charge is 2.43. The van der Waals surface area contributed by atoms with E-state index in [9.17, 15) is 18.0 Å². The van der Waals surface area contributed by atoms with E-state index in [2.05, 4.69) is 50.1 Å². The number of amides is 1. The van der Waals surface area contributed by atoms with Gasteiger partial charge in [0.25, 0.3) is 5.91 Å². The van der Waals surface area contributed by atoms with Crippen LogP contribution in [0.5, 0.6) is 0 Å². The molecule has 3 aromatic rings. The second-order valence-electron chi connectivity index (χ2n) is 8.53. The van der Waals surface area contributed by atoms with Crippen LogP contribution < -0.4 is 5.32 Å². The number of likely N-dealkylation sites (N-methyl/N-ethyl adjacent to an activating group) is 1. The topological polar surface area (TPSA) is 68.0 Å². The monoisotopic (exact) mass is 540 g/mol. The first-order valence-electron chi connectivity index (χ1n) is 11.5. The van der Waals surface area contributed by atoms with E-state index >= 15 is 0 Å². The molecule has 0 bridgehead atoms. The maximum Gasteiger partial charge on any atom is 0.436 e. The van der Waals surface area contributed by atoms with E-state index in [0.717, 1.165) is 43.5 Å². The normalized spacial score (nSPS) is 15.3. The molecule has 2 heterocycles. The third kappa shape index (κ3) is 4.86. The standard InChI is InChI=1S/C23H28BrF3N6O/c1-4-31(5-2)12-13-32-17-9-7-6-8-16(17)28-22(32)29-21(34)14(3)33-19(15-10-11-15)18(24)20(30-33)23(25,26)27/h6-9,14-15H,4-5,10-13H2,1-3H3,(H,28,29,34). The van der Waals surface area contributed by atoms with Gasteiger partial charge in [0.2, 0.25) is 5.95 Å². The molecule has 184 valence electrons. The lowest BCUT2D eigenvalue weighted by Crippen LogP contribution is -2.29. The predicted octanol–water partition coefficient (Wildman–Crippen LogP) is 5.43. The molecule has 0 saturated heterocycles. The van der Waals surface area contributed by atoms with Crippen LogP contribution in [-0.4, -0.2) is 49.8 Å². The summed E-state index contributed by atoms with van der Waals surface area (Å²) in [5.41, 5.74) is 1.05. The molecule has 2 aromatic heterocycles. The van der Waals surface area contributed by atoms with Crippen LogP contribution in [0.3, 0.4) is 0 Å². The number of anilines is 1. The van der Waals surface area contributed by atoms with E-state index < -0.39 is 23.8 Å². The first kappa shape index (κ1) is 24.7. The summed E-state index contributed by atoms with van der Waals surface area (Å²) in [5, 5.41) is 6.65. The Hall–Kier alpha value is -2.40. The van der Waals surface area contributed by atoms with Crippen LogP contribution in [0, 0.1) is 0 Å². The molecule has 0 spiro atoms. The first-order chi connectivity index (χ1) is 16.2. The zero-order valence-electron chi connectivity index (χ0n) is 19.4. The predicted molar refractivity (Wildman–Crippen MR) is 128 cm³/mol. The highest BCUT2D eigenvalue weighted by atomic mass is 79.9. The molecule has 1 unspecified atom stereocenters. The summed E-state index contributed by atoms with van der Waals surface area (Å²) >= 11 is 3.09. The molecule has 1 aromatic carbocycles. The lowest BCUT2D eigenvalue weighted by atomic mass is 10.2. The van der Waals surface area contributed by atoms with Gasteiger partial charge in [-0.05, 0) is 60.9 Å². The number of hydrogen-bond acceptors (Lipinski definition) is 4. The molecule has 1 aliphatic carbocycles. The Morgan fingerprint density at radius 2 is 1.94 bits per heavy atom. The minimum absolute atomic E-state index is 0.0353. The lowest BCUT2D eigenvalue weighted by molar-refractivity contribution is -0.142.